The summed E-state index contributed by atoms with van der Waals surface area (Å²) in [5.41, 5.74) is -5.40. The number of nitrogens with one attached hydrogen (secondary N) is 1. The molecule has 0 atom stereocenters. The summed E-state index contributed by atoms with van der Waals surface area (Å²) in [5, 5.41) is -0.176. The van der Waals surface area contributed by atoms with E-state index in [1.54, 1.807) is 0 Å². The third kappa shape index (κ3) is 2.93. The summed E-state index contributed by atoms with van der Waals surface area (Å²) in [6, 6.07) is 0.852. The second-order valence-electron chi connectivity index (χ2n) is 2.28. The van der Waals surface area contributed by atoms with Crippen molar-refractivity contribution >= 4 is 27.4 Å². The van der Waals surface area contributed by atoms with Crippen LogP contribution in [0.4, 0.5) is 19.0 Å². The molecule has 0 aliphatic heterocycles. The molecule has 0 aromatic carbocycles. The predicted molar refractivity (Wildman–Crippen MR) is 45.6 cm³/mol. The molecule has 0 bridgehead atoms. The highest BCUT2D eigenvalue weighted by Gasteiger charge is 2.46. The number of alkyl halides is 3. The highest BCUT2D eigenvalue weighted by molar-refractivity contribution is 7.93. The summed E-state index contributed by atoms with van der Waals surface area (Å²) in [6.07, 6.45) is 0.830. The van der Waals surface area contributed by atoms with E-state index in [1.165, 1.54) is 4.72 Å². The molecule has 0 radical (unpaired) electrons. The smallest absolute Gasteiger partial charge is 0.260 e. The molecular formula is C5H3ClF3N3O2S. The molecule has 0 saturated carbocycles. The Balaban J connectivity index is 2.98. The molecule has 0 aliphatic rings. The molecule has 15 heavy (non-hydrogen) atoms. The van der Waals surface area contributed by atoms with Gasteiger partial charge in [0.05, 0.1) is 0 Å². The third-order valence-electron chi connectivity index (χ3n) is 1.18. The van der Waals surface area contributed by atoms with Crippen LogP contribution in [0.15, 0.2) is 12.4 Å². The van der Waals surface area contributed by atoms with Crippen LogP contribution in [0.1, 0.15) is 0 Å². The van der Waals surface area contributed by atoms with E-state index in [2.05, 4.69) is 9.97 Å². The summed E-state index contributed by atoms with van der Waals surface area (Å²) < 4.78 is 58.1. The van der Waals surface area contributed by atoms with Crippen molar-refractivity contribution in [2.45, 2.75) is 5.51 Å². The first-order valence-electron chi connectivity index (χ1n) is 3.29. The summed E-state index contributed by atoms with van der Waals surface area (Å²) in [6.45, 7) is 0. The molecule has 0 amide bonds. The van der Waals surface area contributed by atoms with Crippen molar-refractivity contribution in [3.05, 3.63) is 17.5 Å². The van der Waals surface area contributed by atoms with Gasteiger partial charge in [0, 0.05) is 6.07 Å². The molecule has 0 aliphatic carbocycles. The van der Waals surface area contributed by atoms with Crippen LogP contribution in [0.2, 0.25) is 5.15 Å². The Morgan fingerprint density at radius 2 is 1.93 bits per heavy atom. The fourth-order valence-electron chi connectivity index (χ4n) is 0.585. The zero-order chi connectivity index (χ0) is 11.7. The number of hydrogen-bond donors (Lipinski definition) is 1. The first-order valence-corrected chi connectivity index (χ1v) is 5.15. The third-order valence-corrected chi connectivity index (χ3v) is 2.47. The van der Waals surface area contributed by atoms with Crippen LogP contribution in [0.3, 0.4) is 0 Å². The number of aromatic nitrogens is 2. The number of hydrogen-bond acceptors (Lipinski definition) is 4. The average Bonchev–Trinajstić information content (AvgIpc) is 2.00. The predicted octanol–water partition coefficient (Wildman–Crippen LogP) is 1.39. The van der Waals surface area contributed by atoms with Crippen LogP contribution in [0.25, 0.3) is 0 Å². The van der Waals surface area contributed by atoms with Crippen molar-refractivity contribution in [1.82, 2.24) is 9.97 Å². The van der Waals surface area contributed by atoms with Gasteiger partial charge < -0.3 is 0 Å². The fraction of sp³-hybridized carbons (Fsp3) is 0.200. The molecule has 0 unspecified atom stereocenters. The van der Waals surface area contributed by atoms with Crippen molar-refractivity contribution in [3.8, 4) is 0 Å². The summed E-state index contributed by atoms with van der Waals surface area (Å²) in [7, 11) is -5.47. The summed E-state index contributed by atoms with van der Waals surface area (Å²) in [5.74, 6) is -0.549. The largest absolute Gasteiger partial charge is 0.516 e. The van der Waals surface area contributed by atoms with Crippen molar-refractivity contribution < 1.29 is 21.6 Å². The van der Waals surface area contributed by atoms with Gasteiger partial charge in [-0.3, -0.25) is 4.72 Å². The Hall–Kier alpha value is -1.09. The lowest BCUT2D eigenvalue weighted by Gasteiger charge is -2.09. The standard InChI is InChI=1S/C5H3ClF3N3O2S/c6-3-1-4(11-2-10-3)12-15(13,14)5(7,8)9/h1-2H,(H,10,11,12). The molecule has 0 fully saturated rings. The van der Waals surface area contributed by atoms with Crippen LogP contribution >= 0.6 is 11.6 Å². The second kappa shape index (κ2) is 3.81. The minimum atomic E-state index is -5.47. The molecule has 1 N–H and O–H groups in total. The maximum absolute atomic E-state index is 11.9. The highest BCUT2D eigenvalue weighted by Crippen LogP contribution is 2.24. The molecule has 1 rings (SSSR count). The van der Waals surface area contributed by atoms with Gasteiger partial charge in [-0.1, -0.05) is 11.6 Å². The van der Waals surface area contributed by atoms with E-state index >= 15 is 0 Å². The van der Waals surface area contributed by atoms with Crippen LogP contribution in [0, 0.1) is 0 Å². The van der Waals surface area contributed by atoms with Crippen LogP contribution < -0.4 is 4.72 Å². The normalized spacial score (nSPS) is 12.5. The molecular weight excluding hydrogens is 259 g/mol. The average molecular weight is 262 g/mol. The lowest BCUT2D eigenvalue weighted by Crippen LogP contribution is -2.30. The van der Waals surface area contributed by atoms with E-state index in [0.29, 0.717) is 0 Å². The first-order chi connectivity index (χ1) is 6.72. The minimum Gasteiger partial charge on any atom is -0.260 e. The van der Waals surface area contributed by atoms with Crippen LogP contribution in [-0.2, 0) is 10.0 Å². The van der Waals surface area contributed by atoms with E-state index in [1.807, 2.05) is 0 Å². The number of nitrogens with zero attached hydrogens (tertiary/aromatic N) is 2. The van der Waals surface area contributed by atoms with Crippen molar-refractivity contribution in [2.75, 3.05) is 4.72 Å². The number of halogens is 4. The number of anilines is 1. The first kappa shape index (κ1) is 12.0. The van der Waals surface area contributed by atoms with Gasteiger partial charge in [-0.15, -0.1) is 0 Å². The molecule has 1 heterocycles. The van der Waals surface area contributed by atoms with E-state index in [-0.39, 0.29) is 5.15 Å². The molecule has 5 nitrogen and oxygen atoms in total. The van der Waals surface area contributed by atoms with E-state index in [4.69, 9.17) is 11.6 Å². The van der Waals surface area contributed by atoms with Gasteiger partial charge in [-0.25, -0.2) is 9.97 Å². The van der Waals surface area contributed by atoms with Crippen molar-refractivity contribution in [3.63, 3.8) is 0 Å². The molecule has 10 heteroatoms. The van der Waals surface area contributed by atoms with Gasteiger partial charge in [0.2, 0.25) is 0 Å². The molecule has 1 aromatic heterocycles. The lowest BCUT2D eigenvalue weighted by molar-refractivity contribution is -0.0429. The van der Waals surface area contributed by atoms with Gasteiger partial charge >= 0.3 is 15.5 Å². The van der Waals surface area contributed by atoms with Crippen molar-refractivity contribution in [1.29, 1.82) is 0 Å². The maximum Gasteiger partial charge on any atom is 0.516 e. The topological polar surface area (TPSA) is 72.0 Å². The Kier molecular flexibility index (Phi) is 3.05. The van der Waals surface area contributed by atoms with Crippen LogP contribution in [-0.4, -0.2) is 23.9 Å². The molecule has 0 spiro atoms. The molecule has 1 aromatic rings. The SMILES string of the molecule is O=S(=O)(Nc1cc(Cl)ncn1)C(F)(F)F. The number of rotatable bonds is 2. The Morgan fingerprint density at radius 1 is 1.33 bits per heavy atom. The summed E-state index contributed by atoms with van der Waals surface area (Å²) in [4.78, 5) is 6.62. The zero-order valence-corrected chi connectivity index (χ0v) is 8.36. The van der Waals surface area contributed by atoms with Gasteiger partial charge in [0.1, 0.15) is 17.3 Å². The Morgan fingerprint density at radius 3 is 2.40 bits per heavy atom. The van der Waals surface area contributed by atoms with Crippen LogP contribution in [0.5, 0.6) is 0 Å². The molecule has 0 saturated heterocycles. The Bertz CT molecular complexity index is 461. The fourth-order valence-corrected chi connectivity index (χ4v) is 1.23. The Labute approximate surface area is 87.3 Å². The van der Waals surface area contributed by atoms with Gasteiger partial charge in [0.15, 0.2) is 0 Å². The number of sulfonamides is 1. The highest BCUT2D eigenvalue weighted by atomic mass is 35.5. The van der Waals surface area contributed by atoms with Gasteiger partial charge in [-0.05, 0) is 0 Å². The van der Waals surface area contributed by atoms with E-state index in [9.17, 15) is 21.6 Å². The van der Waals surface area contributed by atoms with Gasteiger partial charge in [-0.2, -0.15) is 21.6 Å². The quantitative estimate of drug-likeness (QED) is 0.817. The van der Waals surface area contributed by atoms with Crippen molar-refractivity contribution in [2.24, 2.45) is 0 Å². The summed E-state index contributed by atoms with van der Waals surface area (Å²) >= 11 is 5.32. The maximum atomic E-state index is 11.9. The zero-order valence-electron chi connectivity index (χ0n) is 6.79. The second-order valence-corrected chi connectivity index (χ2v) is 4.34. The monoisotopic (exact) mass is 261 g/mol. The lowest BCUT2D eigenvalue weighted by atomic mass is 10.6. The van der Waals surface area contributed by atoms with Gasteiger partial charge in [0.25, 0.3) is 0 Å². The van der Waals surface area contributed by atoms with E-state index < -0.39 is 21.3 Å². The minimum absolute atomic E-state index is 0.176. The molecule has 84 valence electrons. The van der Waals surface area contributed by atoms with E-state index in [0.717, 1.165) is 12.4 Å².